The highest BCUT2D eigenvalue weighted by Gasteiger charge is 2.63. The molecule has 2 aromatic rings. The lowest BCUT2D eigenvalue weighted by molar-refractivity contribution is 0.267. The number of unbranched alkanes of at least 4 members (excludes halogenated alkanes) is 1. The summed E-state index contributed by atoms with van der Waals surface area (Å²) in [6.07, 6.45) is 4.33. The maximum Gasteiger partial charge on any atom is 0.164 e. The molecule has 0 radical (unpaired) electrons. The second-order valence-electron chi connectivity index (χ2n) is 10.4. The molecule has 2 heterocycles. The lowest BCUT2D eigenvalue weighted by Crippen LogP contribution is -2.30. The number of phenols is 1. The first kappa shape index (κ1) is 25.2. The number of hydrogen-bond acceptors (Lipinski definition) is 7. The second kappa shape index (κ2) is 9.77. The Balaban J connectivity index is 1.66. The van der Waals surface area contributed by atoms with Gasteiger partial charge < -0.3 is 24.1 Å². The van der Waals surface area contributed by atoms with Crippen LogP contribution >= 0.6 is 0 Å². The van der Waals surface area contributed by atoms with Gasteiger partial charge in [-0.1, -0.05) is 19.9 Å². The largest absolute Gasteiger partial charge is 0.507 e. The van der Waals surface area contributed by atoms with Crippen molar-refractivity contribution < 1.29 is 24.1 Å². The van der Waals surface area contributed by atoms with Gasteiger partial charge in [0, 0.05) is 40.8 Å². The fourth-order valence-electron chi connectivity index (χ4n) is 5.57. The summed E-state index contributed by atoms with van der Waals surface area (Å²) in [5.41, 5.74) is 4.67. The van der Waals surface area contributed by atoms with Gasteiger partial charge in [-0.25, -0.2) is 0 Å². The van der Waals surface area contributed by atoms with Gasteiger partial charge in [-0.05, 0) is 56.9 Å². The van der Waals surface area contributed by atoms with E-state index in [-0.39, 0.29) is 17.8 Å². The van der Waals surface area contributed by atoms with Crippen molar-refractivity contribution >= 4 is 11.4 Å². The number of methoxy groups -OCH3 is 2. The van der Waals surface area contributed by atoms with Gasteiger partial charge in [0.25, 0.3) is 0 Å². The Morgan fingerprint density at radius 1 is 1.14 bits per heavy atom. The minimum atomic E-state index is -0.444. The summed E-state index contributed by atoms with van der Waals surface area (Å²) in [5.74, 6) is 3.11. The van der Waals surface area contributed by atoms with Crippen molar-refractivity contribution in [3.8, 4) is 28.7 Å². The van der Waals surface area contributed by atoms with Crippen molar-refractivity contribution in [2.45, 2.75) is 64.4 Å². The minimum absolute atomic E-state index is 0.141. The maximum absolute atomic E-state index is 11.6. The van der Waals surface area contributed by atoms with Gasteiger partial charge in [0.1, 0.15) is 23.4 Å². The zero-order valence-electron chi connectivity index (χ0n) is 22.4. The molecule has 1 N–H and O–H groups in total. The third-order valence-electron chi connectivity index (χ3n) is 7.85. The Kier molecular flexibility index (Phi) is 6.65. The first-order valence-corrected chi connectivity index (χ1v) is 13.0. The van der Waals surface area contributed by atoms with E-state index in [1.54, 1.807) is 14.2 Å². The van der Waals surface area contributed by atoms with Crippen LogP contribution in [0.2, 0.25) is 0 Å². The number of fused-ring (bicyclic) bond motifs is 4. The van der Waals surface area contributed by atoms with E-state index in [1.165, 1.54) is 0 Å². The molecule has 7 heteroatoms. The highest BCUT2D eigenvalue weighted by Crippen LogP contribution is 2.63. The van der Waals surface area contributed by atoms with Crippen LogP contribution in [-0.4, -0.2) is 43.5 Å². The van der Waals surface area contributed by atoms with Crippen LogP contribution in [0.3, 0.4) is 0 Å². The van der Waals surface area contributed by atoms with Gasteiger partial charge in [0.15, 0.2) is 11.5 Å². The summed E-state index contributed by atoms with van der Waals surface area (Å²) in [6.45, 7) is 10.7. The summed E-state index contributed by atoms with van der Waals surface area (Å²) in [6, 6.07) is 7.71. The number of phenolic OH excluding ortho intramolecular Hbond substituents is 1. The van der Waals surface area contributed by atoms with Crippen LogP contribution in [0.4, 0.5) is 0 Å². The zero-order valence-corrected chi connectivity index (χ0v) is 22.4. The van der Waals surface area contributed by atoms with Gasteiger partial charge in [-0.2, -0.15) is 10.2 Å². The summed E-state index contributed by atoms with van der Waals surface area (Å²) in [5, 5.41) is 21.1. The molecular weight excluding hydrogens is 468 g/mol. The van der Waals surface area contributed by atoms with E-state index in [0.717, 1.165) is 59.6 Å². The van der Waals surface area contributed by atoms with E-state index in [9.17, 15) is 5.11 Å². The molecular formula is C30H36N2O5. The molecule has 5 rings (SSSR count). The molecule has 3 atom stereocenters. The molecule has 2 aromatic carbocycles. The Bertz CT molecular complexity index is 1300. The highest BCUT2D eigenvalue weighted by atomic mass is 16.5. The molecule has 0 bridgehead atoms. The number of ether oxygens (including phenoxy) is 4. The monoisotopic (exact) mass is 504 g/mol. The quantitative estimate of drug-likeness (QED) is 0.258. The third kappa shape index (κ3) is 4.24. The average Bonchev–Trinajstić information content (AvgIpc) is 3.48. The fourth-order valence-corrected chi connectivity index (χ4v) is 5.57. The molecule has 3 aliphatic rings. The van der Waals surface area contributed by atoms with Gasteiger partial charge in [0.2, 0.25) is 0 Å². The summed E-state index contributed by atoms with van der Waals surface area (Å²) >= 11 is 0. The van der Waals surface area contributed by atoms with Crippen molar-refractivity contribution in [1.82, 2.24) is 0 Å². The van der Waals surface area contributed by atoms with E-state index in [1.807, 2.05) is 38.1 Å². The Morgan fingerprint density at radius 2 is 1.89 bits per heavy atom. The van der Waals surface area contributed by atoms with Crippen LogP contribution in [0.5, 0.6) is 28.7 Å². The lowest BCUT2D eigenvalue weighted by atomic mass is 9.82. The number of nitrogens with zero attached hydrogens (tertiary/aromatic N) is 2. The number of aromatic hydroxyl groups is 1. The first-order chi connectivity index (χ1) is 17.8. The molecule has 0 spiro atoms. The molecule has 0 aromatic heterocycles. The minimum Gasteiger partial charge on any atom is -0.507 e. The SMILES string of the molecule is C=C(C)[C@H]1Cc2c(ccc(/C(=N/N=C(\C)CCCC)C34CC3COc3cc(OC)c(OC)cc34)c2O)O1. The van der Waals surface area contributed by atoms with Crippen LogP contribution < -0.4 is 18.9 Å². The van der Waals surface area contributed by atoms with Crippen LogP contribution in [0.25, 0.3) is 0 Å². The molecule has 0 saturated heterocycles. The molecule has 2 unspecified atom stereocenters. The topological polar surface area (TPSA) is 81.9 Å². The third-order valence-corrected chi connectivity index (χ3v) is 7.85. The summed E-state index contributed by atoms with van der Waals surface area (Å²) in [7, 11) is 3.25. The van der Waals surface area contributed by atoms with Crippen LogP contribution in [-0.2, 0) is 11.8 Å². The molecule has 2 aliphatic heterocycles. The van der Waals surface area contributed by atoms with Crippen molar-refractivity contribution in [3.63, 3.8) is 0 Å². The highest BCUT2D eigenvalue weighted by molar-refractivity contribution is 6.13. The predicted molar refractivity (Wildman–Crippen MR) is 145 cm³/mol. The number of hydrogen-bond donors (Lipinski definition) is 1. The molecule has 196 valence electrons. The smallest absolute Gasteiger partial charge is 0.164 e. The van der Waals surface area contributed by atoms with Crippen molar-refractivity contribution in [2.24, 2.45) is 16.1 Å². The van der Waals surface area contributed by atoms with Gasteiger partial charge in [0.05, 0.1) is 32.0 Å². The predicted octanol–water partition coefficient (Wildman–Crippen LogP) is 5.99. The van der Waals surface area contributed by atoms with Gasteiger partial charge >= 0.3 is 0 Å². The van der Waals surface area contributed by atoms with E-state index >= 15 is 0 Å². The van der Waals surface area contributed by atoms with Crippen LogP contribution in [0.1, 0.15) is 63.1 Å². The standard InChI is InChI=1S/C30H36N2O5/c1-7-8-9-18(4)31-32-29(20-10-11-23-21(28(20)33)12-24(37-23)17(2)3)30-15-19(30)16-36-25-14-27(35-6)26(34-5)13-22(25)30/h10-11,13-14,19,24,33H,2,7-9,12,15-16H2,1,3-6H3/b31-18+,32-29-/t19?,24-,30?/m1/s1. The van der Waals surface area contributed by atoms with Crippen molar-refractivity contribution in [3.05, 3.63) is 53.1 Å². The fraction of sp³-hybridized carbons (Fsp3) is 0.467. The molecule has 7 nitrogen and oxygen atoms in total. The molecule has 1 aliphatic carbocycles. The van der Waals surface area contributed by atoms with E-state index in [0.29, 0.717) is 35.8 Å². The number of rotatable bonds is 9. The molecule has 1 fully saturated rings. The summed E-state index contributed by atoms with van der Waals surface area (Å²) in [4.78, 5) is 0. The maximum atomic E-state index is 11.6. The van der Waals surface area contributed by atoms with E-state index in [2.05, 4.69) is 18.6 Å². The normalized spacial score (nSPS) is 23.8. The summed E-state index contributed by atoms with van der Waals surface area (Å²) < 4.78 is 23.3. The number of benzene rings is 2. The zero-order chi connectivity index (χ0) is 26.3. The lowest BCUT2D eigenvalue weighted by Gasteiger charge is -2.29. The Labute approximate surface area is 218 Å². The van der Waals surface area contributed by atoms with Crippen LogP contribution in [0.15, 0.2) is 46.6 Å². The van der Waals surface area contributed by atoms with E-state index < -0.39 is 5.41 Å². The first-order valence-electron chi connectivity index (χ1n) is 13.0. The molecule has 0 amide bonds. The van der Waals surface area contributed by atoms with Gasteiger partial charge in [-0.15, -0.1) is 0 Å². The Hall–Kier alpha value is -3.48. The van der Waals surface area contributed by atoms with Crippen LogP contribution in [0, 0.1) is 5.92 Å². The average molecular weight is 505 g/mol. The molecule has 37 heavy (non-hydrogen) atoms. The van der Waals surface area contributed by atoms with Crippen molar-refractivity contribution in [1.29, 1.82) is 0 Å². The van der Waals surface area contributed by atoms with Crippen molar-refractivity contribution in [2.75, 3.05) is 20.8 Å². The molecule has 1 saturated carbocycles. The van der Waals surface area contributed by atoms with E-state index in [4.69, 9.17) is 24.0 Å². The van der Waals surface area contributed by atoms with Gasteiger partial charge in [-0.3, -0.25) is 0 Å². The Morgan fingerprint density at radius 3 is 2.59 bits per heavy atom. The second-order valence-corrected chi connectivity index (χ2v) is 10.4.